The molecule has 0 unspecified atom stereocenters. The molecule has 0 heterocycles. The van der Waals surface area contributed by atoms with E-state index in [1.165, 1.54) is 13.2 Å². The Balaban J connectivity index is 3.37. The molecule has 0 aliphatic heterocycles. The molecule has 0 amide bonds. The van der Waals surface area contributed by atoms with Crippen molar-refractivity contribution < 1.29 is 9.53 Å². The van der Waals surface area contributed by atoms with E-state index < -0.39 is 0 Å². The van der Waals surface area contributed by atoms with Crippen LogP contribution < -0.4 is 0 Å². The molecule has 0 aliphatic carbocycles. The molecular formula is C7H10O2S. The first-order chi connectivity index (χ1) is 4.77. The summed E-state index contributed by atoms with van der Waals surface area (Å²) in [6, 6.07) is 0. The van der Waals surface area contributed by atoms with Crippen molar-refractivity contribution in [2.45, 2.75) is 6.92 Å². The summed E-state index contributed by atoms with van der Waals surface area (Å²) in [5, 5.41) is 1.89. The molecule has 10 heavy (non-hydrogen) atoms. The summed E-state index contributed by atoms with van der Waals surface area (Å²) < 4.78 is 4.51. The average Bonchev–Trinajstić information content (AvgIpc) is 1.87. The molecule has 0 radical (unpaired) electrons. The number of hydrogen-bond donors (Lipinski definition) is 0. The molecular weight excluding hydrogens is 148 g/mol. The van der Waals surface area contributed by atoms with Crippen LogP contribution in [0, 0.1) is 0 Å². The minimum atomic E-state index is -0.297. The maximum Gasteiger partial charge on any atom is 0.307 e. The van der Waals surface area contributed by atoms with E-state index in [0.717, 1.165) is 0 Å². The molecule has 0 aromatic heterocycles. The molecule has 2 nitrogen and oxygen atoms in total. The van der Waals surface area contributed by atoms with E-state index in [1.54, 1.807) is 23.9 Å². The third-order valence-electron chi connectivity index (χ3n) is 0.638. The summed E-state index contributed by atoms with van der Waals surface area (Å²) in [6.45, 7) is 1.36. The SMILES string of the molecule is CS/C=C/C=C/OC(C)=O. The van der Waals surface area contributed by atoms with Gasteiger partial charge in [-0.05, 0) is 17.7 Å². The fourth-order valence-electron chi connectivity index (χ4n) is 0.304. The van der Waals surface area contributed by atoms with Crippen LogP contribution >= 0.6 is 11.8 Å². The van der Waals surface area contributed by atoms with Gasteiger partial charge in [0.25, 0.3) is 0 Å². The molecule has 0 saturated heterocycles. The summed E-state index contributed by atoms with van der Waals surface area (Å²) in [5.74, 6) is -0.297. The van der Waals surface area contributed by atoms with Gasteiger partial charge in [0.2, 0.25) is 0 Å². The Morgan fingerprint density at radius 3 is 2.70 bits per heavy atom. The normalized spacial score (nSPS) is 11.0. The molecule has 0 aromatic rings. The van der Waals surface area contributed by atoms with Gasteiger partial charge < -0.3 is 4.74 Å². The molecule has 0 aromatic carbocycles. The van der Waals surface area contributed by atoms with Crippen LogP contribution in [-0.2, 0) is 9.53 Å². The van der Waals surface area contributed by atoms with Crippen LogP contribution in [0.5, 0.6) is 0 Å². The van der Waals surface area contributed by atoms with Crippen molar-refractivity contribution in [1.82, 2.24) is 0 Å². The molecule has 0 bridgehead atoms. The molecule has 56 valence electrons. The Bertz CT molecular complexity index is 150. The lowest BCUT2D eigenvalue weighted by molar-refractivity contribution is -0.135. The van der Waals surface area contributed by atoms with Crippen molar-refractivity contribution in [2.75, 3.05) is 6.26 Å². The number of esters is 1. The minimum absolute atomic E-state index is 0.297. The fourth-order valence-corrected chi connectivity index (χ4v) is 0.552. The third kappa shape index (κ3) is 7.30. The molecule has 3 heteroatoms. The highest BCUT2D eigenvalue weighted by Crippen LogP contribution is 1.92. The van der Waals surface area contributed by atoms with E-state index in [4.69, 9.17) is 0 Å². The molecule has 0 saturated carbocycles. The first kappa shape index (κ1) is 9.30. The van der Waals surface area contributed by atoms with Crippen LogP contribution in [0.1, 0.15) is 6.92 Å². The van der Waals surface area contributed by atoms with E-state index in [1.807, 2.05) is 11.7 Å². The Labute approximate surface area is 64.9 Å². The number of rotatable bonds is 3. The van der Waals surface area contributed by atoms with Gasteiger partial charge in [-0.3, -0.25) is 4.79 Å². The molecule has 0 rings (SSSR count). The first-order valence-corrected chi connectivity index (χ1v) is 4.08. The highest BCUT2D eigenvalue weighted by molar-refractivity contribution is 8.01. The van der Waals surface area contributed by atoms with Gasteiger partial charge in [-0.1, -0.05) is 6.08 Å². The van der Waals surface area contributed by atoms with Crippen LogP contribution in [0.2, 0.25) is 0 Å². The predicted octanol–water partition coefficient (Wildman–Crippen LogP) is 1.94. The fraction of sp³-hybridized carbons (Fsp3) is 0.286. The molecule has 0 spiro atoms. The standard InChI is InChI=1S/C7H10O2S/c1-7(8)9-5-3-4-6-10-2/h3-6H,1-2H3/b5-3+,6-4+. The summed E-state index contributed by atoms with van der Waals surface area (Å²) >= 11 is 1.59. The predicted molar refractivity (Wildman–Crippen MR) is 43.6 cm³/mol. The Morgan fingerprint density at radius 1 is 1.50 bits per heavy atom. The van der Waals surface area contributed by atoms with Crippen LogP contribution in [0.15, 0.2) is 23.8 Å². The van der Waals surface area contributed by atoms with Crippen molar-refractivity contribution >= 4 is 17.7 Å². The molecule has 0 N–H and O–H groups in total. The smallest absolute Gasteiger partial charge is 0.307 e. The first-order valence-electron chi connectivity index (χ1n) is 2.79. The molecule has 0 fully saturated rings. The third-order valence-corrected chi connectivity index (χ3v) is 1.07. The van der Waals surface area contributed by atoms with Crippen LogP contribution in [0.3, 0.4) is 0 Å². The second-order valence-electron chi connectivity index (χ2n) is 1.50. The van der Waals surface area contributed by atoms with Crippen molar-refractivity contribution in [3.05, 3.63) is 23.8 Å². The monoisotopic (exact) mass is 158 g/mol. The van der Waals surface area contributed by atoms with Crippen LogP contribution in [0.4, 0.5) is 0 Å². The highest BCUT2D eigenvalue weighted by atomic mass is 32.2. The lowest BCUT2D eigenvalue weighted by atomic mass is 10.6. The average molecular weight is 158 g/mol. The summed E-state index contributed by atoms with van der Waals surface area (Å²) in [7, 11) is 0. The van der Waals surface area contributed by atoms with E-state index in [9.17, 15) is 4.79 Å². The van der Waals surface area contributed by atoms with E-state index in [-0.39, 0.29) is 5.97 Å². The summed E-state index contributed by atoms with van der Waals surface area (Å²) in [5.41, 5.74) is 0. The van der Waals surface area contributed by atoms with Gasteiger partial charge in [0.1, 0.15) is 0 Å². The van der Waals surface area contributed by atoms with Gasteiger partial charge in [-0.15, -0.1) is 11.8 Å². The minimum Gasteiger partial charge on any atom is -0.435 e. The maximum atomic E-state index is 10.2. The van der Waals surface area contributed by atoms with Gasteiger partial charge in [0, 0.05) is 6.92 Å². The second-order valence-corrected chi connectivity index (χ2v) is 2.25. The zero-order valence-electron chi connectivity index (χ0n) is 6.03. The zero-order valence-corrected chi connectivity index (χ0v) is 6.85. The van der Waals surface area contributed by atoms with Crippen molar-refractivity contribution in [1.29, 1.82) is 0 Å². The van der Waals surface area contributed by atoms with Crippen molar-refractivity contribution in [2.24, 2.45) is 0 Å². The Hall–Kier alpha value is -0.700. The Kier molecular flexibility index (Phi) is 5.97. The summed E-state index contributed by atoms with van der Waals surface area (Å²) in [4.78, 5) is 10.2. The second kappa shape index (κ2) is 6.42. The summed E-state index contributed by atoms with van der Waals surface area (Å²) in [6.07, 6.45) is 6.77. The van der Waals surface area contributed by atoms with Crippen molar-refractivity contribution in [3.8, 4) is 0 Å². The number of carbonyl (C=O) groups excluding carboxylic acids is 1. The number of thioether (sulfide) groups is 1. The lowest BCUT2D eigenvalue weighted by Crippen LogP contribution is -1.88. The van der Waals surface area contributed by atoms with Gasteiger partial charge in [-0.25, -0.2) is 0 Å². The number of carbonyl (C=O) groups is 1. The number of hydrogen-bond acceptors (Lipinski definition) is 3. The van der Waals surface area contributed by atoms with Gasteiger partial charge in [-0.2, -0.15) is 0 Å². The largest absolute Gasteiger partial charge is 0.435 e. The lowest BCUT2D eigenvalue weighted by Gasteiger charge is -1.86. The van der Waals surface area contributed by atoms with E-state index in [0.29, 0.717) is 0 Å². The van der Waals surface area contributed by atoms with E-state index in [2.05, 4.69) is 4.74 Å². The quantitative estimate of drug-likeness (QED) is 0.356. The Morgan fingerprint density at radius 2 is 2.20 bits per heavy atom. The molecule has 0 aliphatic rings. The van der Waals surface area contributed by atoms with Crippen molar-refractivity contribution in [3.63, 3.8) is 0 Å². The topological polar surface area (TPSA) is 26.3 Å². The molecule has 0 atom stereocenters. The number of ether oxygens (including phenoxy) is 1. The van der Waals surface area contributed by atoms with Crippen LogP contribution in [-0.4, -0.2) is 12.2 Å². The highest BCUT2D eigenvalue weighted by Gasteiger charge is 1.81. The number of allylic oxidation sites excluding steroid dienone is 2. The van der Waals surface area contributed by atoms with Crippen LogP contribution in [0.25, 0.3) is 0 Å². The zero-order chi connectivity index (χ0) is 7.82. The maximum absolute atomic E-state index is 10.2. The van der Waals surface area contributed by atoms with E-state index >= 15 is 0 Å². The van der Waals surface area contributed by atoms with Gasteiger partial charge in [0.15, 0.2) is 0 Å². The van der Waals surface area contributed by atoms with Gasteiger partial charge >= 0.3 is 5.97 Å². The van der Waals surface area contributed by atoms with Gasteiger partial charge in [0.05, 0.1) is 6.26 Å².